The molecule has 2 fully saturated rings. The summed E-state index contributed by atoms with van der Waals surface area (Å²) in [5.74, 6) is -0.234. The molecule has 0 aromatic heterocycles. The Hall–Kier alpha value is -2.92. The van der Waals surface area contributed by atoms with Crippen molar-refractivity contribution in [2.45, 2.75) is 12.9 Å². The van der Waals surface area contributed by atoms with Gasteiger partial charge in [-0.15, -0.1) is 13.2 Å². The maximum Gasteiger partial charge on any atom is 0.573 e. The molecule has 1 saturated carbocycles. The van der Waals surface area contributed by atoms with Crippen molar-refractivity contribution < 1.29 is 37.1 Å². The van der Waals surface area contributed by atoms with Crippen LogP contribution in [0.2, 0.25) is 0 Å². The fourth-order valence-corrected chi connectivity index (χ4v) is 4.64. The number of nitrogens with zero attached hydrogens (tertiary/aromatic N) is 3. The van der Waals surface area contributed by atoms with E-state index in [9.17, 15) is 22.8 Å². The normalized spacial score (nSPS) is 28.9. The van der Waals surface area contributed by atoms with E-state index in [1.165, 1.54) is 18.2 Å². The molecule has 11 heteroatoms. The van der Waals surface area contributed by atoms with E-state index in [0.29, 0.717) is 36.4 Å². The van der Waals surface area contributed by atoms with Crippen LogP contribution in [0.1, 0.15) is 5.56 Å². The van der Waals surface area contributed by atoms with Crippen molar-refractivity contribution in [1.29, 1.82) is 0 Å². The Bertz CT molecular complexity index is 968. The van der Waals surface area contributed by atoms with Gasteiger partial charge in [0, 0.05) is 25.2 Å². The van der Waals surface area contributed by atoms with Crippen molar-refractivity contribution in [3.05, 3.63) is 41.7 Å². The van der Waals surface area contributed by atoms with Crippen molar-refractivity contribution in [2.75, 3.05) is 33.2 Å². The predicted octanol–water partition coefficient (Wildman–Crippen LogP) is 1.79. The van der Waals surface area contributed by atoms with Crippen LogP contribution in [-0.4, -0.2) is 72.3 Å². The van der Waals surface area contributed by atoms with Gasteiger partial charge in [0.1, 0.15) is 18.5 Å². The van der Waals surface area contributed by atoms with E-state index >= 15 is 0 Å². The molecule has 32 heavy (non-hydrogen) atoms. The molecule has 1 amide bonds. The number of hydrogen-bond acceptors (Lipinski definition) is 5. The minimum absolute atomic E-state index is 0.0510. The SMILES string of the molecule is C[N+]1(Cc2cccc(OC(F)(F)F)c2)C=NC(C(=O)NCC2C3CN(CC(=O)O)CC23)=C1. The van der Waals surface area contributed by atoms with Crippen LogP contribution in [0.3, 0.4) is 0 Å². The standard InChI is InChI=1S/C21H23F3N4O4/c1-28(10-13-3-2-4-14(5-13)32-21(22,23)24)11-18(26-12-28)20(31)25-6-15-16-7-27(8-17(15)16)9-19(29)30/h2-5,11-12,15-17H,6-10H2,1H3,(H-,25,29,30,31)/p+1. The van der Waals surface area contributed by atoms with Gasteiger partial charge >= 0.3 is 12.3 Å². The van der Waals surface area contributed by atoms with Gasteiger partial charge in [-0.2, -0.15) is 4.99 Å². The Balaban J connectivity index is 1.28. The van der Waals surface area contributed by atoms with E-state index in [4.69, 9.17) is 5.11 Å². The first-order chi connectivity index (χ1) is 15.0. The number of rotatable bonds is 8. The van der Waals surface area contributed by atoms with E-state index in [-0.39, 0.29) is 28.4 Å². The average Bonchev–Trinajstić information content (AvgIpc) is 2.98. The van der Waals surface area contributed by atoms with E-state index < -0.39 is 12.3 Å². The highest BCUT2D eigenvalue weighted by atomic mass is 19.4. The lowest BCUT2D eigenvalue weighted by Gasteiger charge is -2.22. The summed E-state index contributed by atoms with van der Waals surface area (Å²) in [4.78, 5) is 29.4. The first-order valence-electron chi connectivity index (χ1n) is 10.2. The highest BCUT2D eigenvalue weighted by Crippen LogP contribution is 2.51. The number of carboxylic acids is 1. The van der Waals surface area contributed by atoms with Crippen LogP contribution in [-0.2, 0) is 16.1 Å². The molecule has 1 aliphatic carbocycles. The summed E-state index contributed by atoms with van der Waals surface area (Å²) in [5, 5.41) is 11.8. The summed E-state index contributed by atoms with van der Waals surface area (Å²) in [6.45, 7) is 2.36. The summed E-state index contributed by atoms with van der Waals surface area (Å²) < 4.78 is 41.4. The zero-order chi connectivity index (χ0) is 23.1. The van der Waals surface area contributed by atoms with Gasteiger partial charge in [0.15, 0.2) is 12.0 Å². The summed E-state index contributed by atoms with van der Waals surface area (Å²) >= 11 is 0. The minimum Gasteiger partial charge on any atom is -0.480 e. The van der Waals surface area contributed by atoms with E-state index in [1.54, 1.807) is 25.7 Å². The van der Waals surface area contributed by atoms with E-state index in [1.807, 2.05) is 4.90 Å². The molecule has 0 spiro atoms. The van der Waals surface area contributed by atoms with Crippen LogP contribution in [0.5, 0.6) is 5.75 Å². The molecule has 172 valence electrons. The van der Waals surface area contributed by atoms with Gasteiger partial charge in [0.2, 0.25) is 0 Å². The van der Waals surface area contributed by atoms with Gasteiger partial charge in [-0.25, -0.2) is 0 Å². The number of carboxylic acid groups (broad SMARTS) is 1. The first-order valence-corrected chi connectivity index (χ1v) is 10.2. The Kier molecular flexibility index (Phi) is 5.72. The Labute approximate surface area is 182 Å². The number of fused-ring (bicyclic) bond motifs is 1. The smallest absolute Gasteiger partial charge is 0.480 e. The molecular weight excluding hydrogens is 429 g/mol. The second kappa shape index (κ2) is 8.21. The minimum atomic E-state index is -4.76. The third-order valence-electron chi connectivity index (χ3n) is 6.07. The molecule has 1 aromatic rings. The van der Waals surface area contributed by atoms with E-state index in [2.05, 4.69) is 15.0 Å². The quantitative estimate of drug-likeness (QED) is 0.586. The Morgan fingerprint density at radius 1 is 1.31 bits per heavy atom. The molecule has 1 aromatic carbocycles. The third-order valence-corrected chi connectivity index (χ3v) is 6.07. The van der Waals surface area contributed by atoms with Gasteiger partial charge in [0.25, 0.3) is 5.91 Å². The topological polar surface area (TPSA) is 91.2 Å². The number of quaternary nitrogens is 1. The lowest BCUT2D eigenvalue weighted by atomic mass is 10.2. The number of nitrogens with one attached hydrogen (secondary N) is 1. The van der Waals surface area contributed by atoms with Gasteiger partial charge in [0.05, 0.1) is 13.6 Å². The summed E-state index contributed by atoms with van der Waals surface area (Å²) in [5.41, 5.74) is 0.865. The number of carbonyl (C=O) groups is 2. The first kappa shape index (κ1) is 22.3. The van der Waals surface area contributed by atoms with Crippen LogP contribution in [0.4, 0.5) is 13.2 Å². The zero-order valence-electron chi connectivity index (χ0n) is 17.4. The molecule has 3 unspecified atom stereocenters. The largest absolute Gasteiger partial charge is 0.573 e. The molecule has 2 heterocycles. The molecule has 2 N–H and O–H groups in total. The summed E-state index contributed by atoms with van der Waals surface area (Å²) in [6.07, 6.45) is -1.53. The maximum absolute atomic E-state index is 12.5. The third kappa shape index (κ3) is 5.28. The molecule has 4 rings (SSSR count). The number of aliphatic carboxylic acids is 1. The fraction of sp³-hybridized carbons (Fsp3) is 0.476. The number of carbonyl (C=O) groups excluding carboxylic acids is 1. The molecule has 2 aliphatic heterocycles. The highest BCUT2D eigenvalue weighted by Gasteiger charge is 2.55. The lowest BCUT2D eigenvalue weighted by molar-refractivity contribution is -0.771. The van der Waals surface area contributed by atoms with Crippen LogP contribution in [0, 0.1) is 17.8 Å². The number of halogens is 3. The molecule has 8 nitrogen and oxygen atoms in total. The predicted molar refractivity (Wildman–Crippen MR) is 107 cm³/mol. The molecule has 0 radical (unpaired) electrons. The maximum atomic E-state index is 12.5. The average molecular weight is 453 g/mol. The van der Waals surface area contributed by atoms with Crippen molar-refractivity contribution in [2.24, 2.45) is 22.7 Å². The molecule has 3 aliphatic rings. The van der Waals surface area contributed by atoms with Crippen LogP contribution >= 0.6 is 0 Å². The summed E-state index contributed by atoms with van der Waals surface area (Å²) in [7, 11) is 1.80. The van der Waals surface area contributed by atoms with Crippen LogP contribution in [0.25, 0.3) is 0 Å². The van der Waals surface area contributed by atoms with Crippen molar-refractivity contribution in [1.82, 2.24) is 10.2 Å². The van der Waals surface area contributed by atoms with Crippen LogP contribution < -0.4 is 10.1 Å². The second-order valence-corrected chi connectivity index (χ2v) is 8.75. The van der Waals surface area contributed by atoms with E-state index in [0.717, 1.165) is 13.1 Å². The molecule has 1 saturated heterocycles. The van der Waals surface area contributed by atoms with Gasteiger partial charge in [-0.05, 0) is 29.9 Å². The molecular formula is C21H24F3N4O4+. The van der Waals surface area contributed by atoms with Crippen molar-refractivity contribution in [3.8, 4) is 5.75 Å². The summed E-state index contributed by atoms with van der Waals surface area (Å²) in [6, 6.07) is 5.72. The van der Waals surface area contributed by atoms with Gasteiger partial charge in [-0.1, -0.05) is 12.1 Å². The second-order valence-electron chi connectivity index (χ2n) is 8.75. The Morgan fingerprint density at radius 2 is 2.03 bits per heavy atom. The van der Waals surface area contributed by atoms with Gasteiger partial charge < -0.3 is 15.2 Å². The number of ether oxygens (including phenoxy) is 1. The number of likely N-dealkylation sites (tertiary alicyclic amines) is 1. The number of alkyl halides is 3. The number of amides is 1. The number of piperidine rings is 1. The van der Waals surface area contributed by atoms with Gasteiger partial charge in [-0.3, -0.25) is 19.0 Å². The zero-order valence-corrected chi connectivity index (χ0v) is 17.4. The van der Waals surface area contributed by atoms with Crippen LogP contribution in [0.15, 0.2) is 41.2 Å². The number of aliphatic imine (C=N–C) groups is 1. The lowest BCUT2D eigenvalue weighted by Crippen LogP contribution is -2.35. The fourth-order valence-electron chi connectivity index (χ4n) is 4.64. The number of hydrogen-bond donors (Lipinski definition) is 2. The van der Waals surface area contributed by atoms with Crippen molar-refractivity contribution >= 4 is 18.2 Å². The monoisotopic (exact) mass is 453 g/mol. The van der Waals surface area contributed by atoms with Crippen molar-refractivity contribution in [3.63, 3.8) is 0 Å². The molecule has 0 bridgehead atoms. The Morgan fingerprint density at radius 3 is 2.69 bits per heavy atom. The molecule has 3 atom stereocenters. The highest BCUT2D eigenvalue weighted by molar-refractivity contribution is 5.94. The number of benzene rings is 1.